The molecule has 0 spiro atoms. The third-order valence-corrected chi connectivity index (χ3v) is 3.57. The smallest absolute Gasteiger partial charge is 0.0285 e. The van der Waals surface area contributed by atoms with E-state index >= 15 is 0 Å². The van der Waals surface area contributed by atoms with E-state index in [1.807, 2.05) is 0 Å². The van der Waals surface area contributed by atoms with Crippen LogP contribution in [0.1, 0.15) is 18.2 Å². The van der Waals surface area contributed by atoms with Crippen molar-refractivity contribution in [1.82, 2.24) is 5.32 Å². The minimum absolute atomic E-state index is 1.06. The summed E-state index contributed by atoms with van der Waals surface area (Å²) >= 11 is 5.26. The molecule has 0 radical (unpaired) electrons. The summed E-state index contributed by atoms with van der Waals surface area (Å²) in [5, 5.41) is 5.42. The van der Waals surface area contributed by atoms with Crippen LogP contribution in [0.15, 0.2) is 28.1 Å². The Morgan fingerprint density at radius 2 is 2.36 bits per heavy atom. The van der Waals surface area contributed by atoms with E-state index in [1.54, 1.807) is 11.3 Å². The number of hydrogen-bond donors (Lipinski definition) is 1. The van der Waals surface area contributed by atoms with Crippen molar-refractivity contribution < 1.29 is 0 Å². The second-order valence-electron chi connectivity index (χ2n) is 3.05. The Bertz CT molecular complexity index is 281. The monoisotopic (exact) mass is 273 g/mol. The van der Waals surface area contributed by atoms with Gasteiger partial charge in [-0.1, -0.05) is 19.1 Å². The maximum absolute atomic E-state index is 3.45. The lowest BCUT2D eigenvalue weighted by atomic mass is 10.3. The van der Waals surface area contributed by atoms with E-state index in [1.165, 1.54) is 9.35 Å². The third-order valence-electron chi connectivity index (χ3n) is 1.85. The highest BCUT2D eigenvalue weighted by Gasteiger charge is 1.93. The van der Waals surface area contributed by atoms with Crippen molar-refractivity contribution in [3.05, 3.63) is 32.9 Å². The largest absolute Gasteiger partial charge is 0.317 e. The fourth-order valence-corrected chi connectivity index (χ4v) is 2.57. The minimum Gasteiger partial charge on any atom is -0.317 e. The first-order valence-electron chi connectivity index (χ1n) is 4.91. The number of allylic oxidation sites excluding steroid dienone is 1. The van der Waals surface area contributed by atoms with Gasteiger partial charge in [-0.2, -0.15) is 0 Å². The first-order valence-corrected chi connectivity index (χ1v) is 6.59. The van der Waals surface area contributed by atoms with Crippen molar-refractivity contribution in [3.8, 4) is 0 Å². The Balaban J connectivity index is 2.14. The van der Waals surface area contributed by atoms with Gasteiger partial charge in [-0.15, -0.1) is 11.3 Å². The van der Waals surface area contributed by atoms with E-state index in [0.717, 1.165) is 25.9 Å². The second kappa shape index (κ2) is 7.21. The highest BCUT2D eigenvalue weighted by atomic mass is 79.9. The van der Waals surface area contributed by atoms with Gasteiger partial charge in [0.05, 0.1) is 0 Å². The predicted octanol–water partition coefficient (Wildman–Crippen LogP) is 3.61. The van der Waals surface area contributed by atoms with Gasteiger partial charge in [-0.3, -0.25) is 0 Å². The highest BCUT2D eigenvalue weighted by molar-refractivity contribution is 9.10. The first-order chi connectivity index (χ1) is 6.83. The molecule has 1 nitrogen and oxygen atoms in total. The standard InChI is InChI=1S/C11H16BrNS/c1-2-13-7-5-3-4-6-11-8-10(12)9-14-11/h3-4,8-9,13H,2,5-7H2,1H3. The summed E-state index contributed by atoms with van der Waals surface area (Å²) in [5.41, 5.74) is 0. The van der Waals surface area contributed by atoms with Crippen LogP contribution in [0.25, 0.3) is 0 Å². The predicted molar refractivity (Wildman–Crippen MR) is 68.0 cm³/mol. The van der Waals surface area contributed by atoms with Crippen LogP contribution in [0.2, 0.25) is 0 Å². The second-order valence-corrected chi connectivity index (χ2v) is 4.96. The van der Waals surface area contributed by atoms with Gasteiger partial charge in [0.2, 0.25) is 0 Å². The molecule has 78 valence electrons. The first kappa shape index (κ1) is 12.0. The molecule has 0 atom stereocenters. The molecule has 1 heterocycles. The van der Waals surface area contributed by atoms with Gasteiger partial charge in [0.25, 0.3) is 0 Å². The van der Waals surface area contributed by atoms with Crippen molar-refractivity contribution in [1.29, 1.82) is 0 Å². The molecule has 0 aromatic carbocycles. The SMILES string of the molecule is CCNCCC=CCc1cc(Br)cs1. The fourth-order valence-electron chi connectivity index (χ4n) is 1.14. The van der Waals surface area contributed by atoms with Gasteiger partial charge < -0.3 is 5.32 Å². The molecule has 0 fully saturated rings. The van der Waals surface area contributed by atoms with Crippen LogP contribution < -0.4 is 5.32 Å². The fraction of sp³-hybridized carbons (Fsp3) is 0.455. The van der Waals surface area contributed by atoms with Gasteiger partial charge in [-0.05, 0) is 47.9 Å². The van der Waals surface area contributed by atoms with E-state index in [9.17, 15) is 0 Å². The quantitative estimate of drug-likeness (QED) is 0.617. The molecule has 0 aliphatic heterocycles. The molecule has 1 rings (SSSR count). The molecule has 14 heavy (non-hydrogen) atoms. The lowest BCUT2D eigenvalue weighted by Crippen LogP contribution is -2.12. The van der Waals surface area contributed by atoms with Gasteiger partial charge in [0.15, 0.2) is 0 Å². The molecule has 1 N–H and O–H groups in total. The molecule has 0 amide bonds. The van der Waals surface area contributed by atoms with Crippen molar-refractivity contribution in [3.63, 3.8) is 0 Å². The van der Waals surface area contributed by atoms with Crippen LogP contribution in [0, 0.1) is 0 Å². The molecule has 0 aliphatic carbocycles. The molecule has 3 heteroatoms. The van der Waals surface area contributed by atoms with Gasteiger partial charge in [-0.25, -0.2) is 0 Å². The van der Waals surface area contributed by atoms with Crippen molar-refractivity contribution >= 4 is 27.3 Å². The van der Waals surface area contributed by atoms with E-state index in [-0.39, 0.29) is 0 Å². The summed E-state index contributed by atoms with van der Waals surface area (Å²) in [6.07, 6.45) is 6.68. The molecule has 1 aromatic rings. The maximum Gasteiger partial charge on any atom is 0.0285 e. The van der Waals surface area contributed by atoms with Crippen molar-refractivity contribution in [2.45, 2.75) is 19.8 Å². The number of halogens is 1. The van der Waals surface area contributed by atoms with Gasteiger partial charge in [0, 0.05) is 14.7 Å². The number of hydrogen-bond acceptors (Lipinski definition) is 2. The molecule has 0 unspecified atom stereocenters. The van der Waals surface area contributed by atoms with Crippen LogP contribution in [0.3, 0.4) is 0 Å². The van der Waals surface area contributed by atoms with Crippen LogP contribution in [-0.4, -0.2) is 13.1 Å². The van der Waals surface area contributed by atoms with Crippen LogP contribution in [0.5, 0.6) is 0 Å². The van der Waals surface area contributed by atoms with Crippen LogP contribution in [-0.2, 0) is 6.42 Å². The summed E-state index contributed by atoms with van der Waals surface area (Å²) in [6, 6.07) is 2.18. The highest BCUT2D eigenvalue weighted by Crippen LogP contribution is 2.20. The van der Waals surface area contributed by atoms with Crippen molar-refractivity contribution in [2.75, 3.05) is 13.1 Å². The summed E-state index contributed by atoms with van der Waals surface area (Å²) in [5.74, 6) is 0. The van der Waals surface area contributed by atoms with E-state index < -0.39 is 0 Å². The number of rotatable bonds is 6. The van der Waals surface area contributed by atoms with Gasteiger partial charge >= 0.3 is 0 Å². The zero-order chi connectivity index (χ0) is 10.2. The average molecular weight is 274 g/mol. The van der Waals surface area contributed by atoms with E-state index in [0.29, 0.717) is 0 Å². The minimum atomic E-state index is 1.06. The molecule has 0 saturated carbocycles. The van der Waals surface area contributed by atoms with Crippen LogP contribution >= 0.6 is 27.3 Å². The lowest BCUT2D eigenvalue weighted by molar-refractivity contribution is 0.726. The number of nitrogens with one attached hydrogen (secondary N) is 1. The maximum atomic E-state index is 3.45. The Hall–Kier alpha value is -0.120. The Labute approximate surface area is 98.4 Å². The summed E-state index contributed by atoms with van der Waals surface area (Å²) in [6.45, 7) is 4.28. The topological polar surface area (TPSA) is 12.0 Å². The van der Waals surface area contributed by atoms with Gasteiger partial charge in [0.1, 0.15) is 0 Å². The lowest BCUT2D eigenvalue weighted by Gasteiger charge is -1.95. The summed E-state index contributed by atoms with van der Waals surface area (Å²) in [7, 11) is 0. The molecule has 0 aliphatic rings. The van der Waals surface area contributed by atoms with Crippen molar-refractivity contribution in [2.24, 2.45) is 0 Å². The normalized spacial score (nSPS) is 11.3. The third kappa shape index (κ3) is 4.94. The number of thiophene rings is 1. The molecular formula is C11H16BrNS. The zero-order valence-corrected chi connectivity index (χ0v) is 10.8. The summed E-state index contributed by atoms with van der Waals surface area (Å²) in [4.78, 5) is 1.41. The Kier molecular flexibility index (Phi) is 6.15. The zero-order valence-electron chi connectivity index (χ0n) is 8.42. The molecule has 0 saturated heterocycles. The van der Waals surface area contributed by atoms with E-state index in [2.05, 4.69) is 51.8 Å². The average Bonchev–Trinajstić information content (AvgIpc) is 2.58. The molecular weight excluding hydrogens is 258 g/mol. The molecule has 1 aromatic heterocycles. The Morgan fingerprint density at radius 3 is 3.00 bits per heavy atom. The van der Waals surface area contributed by atoms with E-state index in [4.69, 9.17) is 0 Å². The molecule has 0 bridgehead atoms. The Morgan fingerprint density at radius 1 is 1.50 bits per heavy atom. The summed E-state index contributed by atoms with van der Waals surface area (Å²) < 4.78 is 1.19. The van der Waals surface area contributed by atoms with Crippen LogP contribution in [0.4, 0.5) is 0 Å².